The molecule has 4 aromatic carbocycles. The maximum absolute atomic E-state index is 14.1. The van der Waals surface area contributed by atoms with Gasteiger partial charge in [-0.15, -0.1) is 0 Å². The van der Waals surface area contributed by atoms with Gasteiger partial charge in [0.25, 0.3) is 0 Å². The van der Waals surface area contributed by atoms with Gasteiger partial charge in [0.2, 0.25) is 0 Å². The van der Waals surface area contributed by atoms with Gasteiger partial charge >= 0.3 is 18.2 Å². The molecule has 1 saturated carbocycles. The van der Waals surface area contributed by atoms with Crippen LogP contribution >= 0.6 is 0 Å². The standard InChI is InChI=1S/C37H36F2N4O3.C2HF3O2/c1-42-18-17-37(27-9-14-33(45-2)34(20-27)46-3)16-15-30(22-35(37)42)43(36(44)41-28-10-13-31(38)32(39)21-28)29-11-7-25(8-12-29)26-6-4-5-24(19-26)23-40;3-2(4,5)1(6)7/h4-14,19-21,30,35H,15-18,22H2,1-3H3,(H,41,44);(H,6,7)/t30-,35-,37-;/m0./s1. The molecule has 2 amide bonds. The van der Waals surface area contributed by atoms with Gasteiger partial charge < -0.3 is 24.8 Å². The van der Waals surface area contributed by atoms with Crippen molar-refractivity contribution in [1.29, 1.82) is 5.26 Å². The molecule has 278 valence electrons. The molecule has 2 N–H and O–H groups in total. The summed E-state index contributed by atoms with van der Waals surface area (Å²) in [5.41, 5.74) is 4.30. The Balaban J connectivity index is 0.000000705. The topological polar surface area (TPSA) is 115 Å². The van der Waals surface area contributed by atoms with E-state index >= 15 is 0 Å². The number of hydrogen-bond donors (Lipinski definition) is 2. The second-order valence-corrected chi connectivity index (χ2v) is 12.9. The van der Waals surface area contributed by atoms with E-state index in [1.807, 2.05) is 48.5 Å². The van der Waals surface area contributed by atoms with E-state index in [4.69, 9.17) is 19.4 Å². The summed E-state index contributed by atoms with van der Waals surface area (Å²) < 4.78 is 70.6. The minimum Gasteiger partial charge on any atom is -0.493 e. The summed E-state index contributed by atoms with van der Waals surface area (Å²) in [6.45, 7) is 0.920. The number of ether oxygens (including phenoxy) is 2. The second kappa shape index (κ2) is 15.9. The normalized spacial score (nSPS) is 19.5. The summed E-state index contributed by atoms with van der Waals surface area (Å²) in [5.74, 6) is -3.39. The van der Waals surface area contributed by atoms with Crippen molar-refractivity contribution in [3.05, 3.63) is 108 Å². The molecule has 0 radical (unpaired) electrons. The number of carboxylic acid groups (broad SMARTS) is 1. The first-order chi connectivity index (χ1) is 25.2. The first-order valence-electron chi connectivity index (χ1n) is 16.6. The van der Waals surface area contributed by atoms with E-state index < -0.39 is 29.8 Å². The Morgan fingerprint density at radius 3 is 2.25 bits per heavy atom. The molecular formula is C39H37F5N4O5. The minimum atomic E-state index is -5.08. The number of likely N-dealkylation sites (N-methyl/N-ethyl adjacent to an activating group) is 1. The van der Waals surface area contributed by atoms with Gasteiger partial charge in [0.15, 0.2) is 23.1 Å². The molecule has 3 atom stereocenters. The number of carboxylic acids is 1. The number of alkyl halides is 3. The van der Waals surface area contributed by atoms with Crippen LogP contribution in [-0.2, 0) is 10.2 Å². The fraction of sp³-hybridized carbons (Fsp3) is 0.308. The number of rotatable bonds is 7. The molecule has 9 nitrogen and oxygen atoms in total. The van der Waals surface area contributed by atoms with Crippen molar-refractivity contribution in [3.63, 3.8) is 0 Å². The van der Waals surface area contributed by atoms with Gasteiger partial charge in [-0.25, -0.2) is 18.4 Å². The SMILES string of the molecule is COc1ccc([C@@]23CC[C@H](N(C(=O)Nc4ccc(F)c(F)c4)c4ccc(-c5cccc(C#N)c5)cc4)C[C@@H]2N(C)CC3)cc1OC.O=C(O)C(F)(F)F. The predicted molar refractivity (Wildman–Crippen MR) is 188 cm³/mol. The van der Waals surface area contributed by atoms with E-state index in [-0.39, 0.29) is 23.2 Å². The summed E-state index contributed by atoms with van der Waals surface area (Å²) in [6.07, 6.45) is -1.82. The maximum atomic E-state index is 14.1. The van der Waals surface area contributed by atoms with E-state index in [1.54, 1.807) is 25.2 Å². The zero-order chi connectivity index (χ0) is 38.5. The third kappa shape index (κ3) is 8.36. The smallest absolute Gasteiger partial charge is 0.490 e. The van der Waals surface area contributed by atoms with Crippen LogP contribution < -0.4 is 19.7 Å². The Morgan fingerprint density at radius 2 is 1.62 bits per heavy atom. The van der Waals surface area contributed by atoms with Gasteiger partial charge in [0, 0.05) is 34.9 Å². The van der Waals surface area contributed by atoms with Crippen molar-refractivity contribution in [2.45, 2.75) is 49.4 Å². The van der Waals surface area contributed by atoms with E-state index in [0.29, 0.717) is 29.2 Å². The van der Waals surface area contributed by atoms with E-state index in [0.717, 1.165) is 49.1 Å². The largest absolute Gasteiger partial charge is 0.493 e. The molecule has 1 saturated heterocycles. The van der Waals surface area contributed by atoms with Crippen LogP contribution in [0.25, 0.3) is 11.1 Å². The molecule has 0 bridgehead atoms. The number of nitrogens with one attached hydrogen (secondary N) is 1. The number of fused-ring (bicyclic) bond motifs is 1. The highest BCUT2D eigenvalue weighted by Gasteiger charge is 2.52. The van der Waals surface area contributed by atoms with Gasteiger partial charge in [0.05, 0.1) is 25.9 Å². The number of nitrogens with zero attached hydrogens (tertiary/aromatic N) is 3. The van der Waals surface area contributed by atoms with E-state index in [1.165, 1.54) is 11.6 Å². The predicted octanol–water partition coefficient (Wildman–Crippen LogP) is 8.39. The van der Waals surface area contributed by atoms with Gasteiger partial charge in [-0.2, -0.15) is 18.4 Å². The number of likely N-dealkylation sites (tertiary alicyclic amines) is 1. The number of anilines is 2. The Bertz CT molecular complexity index is 2000. The lowest BCUT2D eigenvalue weighted by Crippen LogP contribution is -2.54. The number of amides is 2. The van der Waals surface area contributed by atoms with Crippen LogP contribution in [0.2, 0.25) is 0 Å². The molecule has 53 heavy (non-hydrogen) atoms. The van der Waals surface area contributed by atoms with Crippen LogP contribution in [0.5, 0.6) is 11.5 Å². The van der Waals surface area contributed by atoms with Crippen LogP contribution in [0.4, 0.5) is 38.1 Å². The van der Waals surface area contributed by atoms with Crippen molar-refractivity contribution in [2.24, 2.45) is 0 Å². The van der Waals surface area contributed by atoms with Crippen LogP contribution in [-0.4, -0.2) is 68.1 Å². The maximum Gasteiger partial charge on any atom is 0.490 e. The fourth-order valence-corrected chi connectivity index (χ4v) is 7.31. The zero-order valence-electron chi connectivity index (χ0n) is 29.1. The number of carbonyl (C=O) groups is 2. The molecule has 2 aliphatic rings. The van der Waals surface area contributed by atoms with Crippen LogP contribution in [0.3, 0.4) is 0 Å². The number of carbonyl (C=O) groups excluding carboxylic acids is 1. The number of nitriles is 1. The average Bonchev–Trinajstić information content (AvgIpc) is 3.49. The first kappa shape index (κ1) is 38.5. The monoisotopic (exact) mass is 736 g/mol. The van der Waals surface area contributed by atoms with Crippen molar-refractivity contribution in [1.82, 2.24) is 4.90 Å². The average molecular weight is 737 g/mol. The van der Waals surface area contributed by atoms with Gasteiger partial charge in [-0.1, -0.05) is 30.3 Å². The highest BCUT2D eigenvalue weighted by Crippen LogP contribution is 2.51. The molecule has 1 heterocycles. The molecule has 14 heteroatoms. The summed E-state index contributed by atoms with van der Waals surface area (Å²) in [4.78, 5) is 27.1. The summed E-state index contributed by atoms with van der Waals surface area (Å²) >= 11 is 0. The van der Waals surface area contributed by atoms with Crippen molar-refractivity contribution in [3.8, 4) is 28.7 Å². The Hall–Kier alpha value is -5.68. The quantitative estimate of drug-likeness (QED) is 0.183. The molecule has 1 aliphatic heterocycles. The highest BCUT2D eigenvalue weighted by molar-refractivity contribution is 6.02. The highest BCUT2D eigenvalue weighted by atomic mass is 19.4. The number of methoxy groups -OCH3 is 2. The summed E-state index contributed by atoms with van der Waals surface area (Å²) in [7, 11) is 5.40. The van der Waals surface area contributed by atoms with Crippen LogP contribution in [0.1, 0.15) is 36.8 Å². The van der Waals surface area contributed by atoms with E-state index in [9.17, 15) is 32.0 Å². The molecular weight excluding hydrogens is 699 g/mol. The van der Waals surface area contributed by atoms with Crippen LogP contribution in [0.15, 0.2) is 84.9 Å². The number of halogens is 5. The molecule has 0 unspecified atom stereocenters. The van der Waals surface area contributed by atoms with Gasteiger partial charge in [-0.3, -0.25) is 4.90 Å². The Kier molecular flexibility index (Phi) is 11.6. The van der Waals surface area contributed by atoms with Gasteiger partial charge in [0.1, 0.15) is 0 Å². The number of hydrogen-bond acceptors (Lipinski definition) is 6. The van der Waals surface area contributed by atoms with Crippen molar-refractivity contribution < 1.29 is 46.1 Å². The number of aliphatic carboxylic acids is 1. The molecule has 2 fully saturated rings. The molecule has 0 aromatic heterocycles. The van der Waals surface area contributed by atoms with E-state index in [2.05, 4.69) is 35.5 Å². The molecule has 6 rings (SSSR count). The number of benzene rings is 4. The van der Waals surface area contributed by atoms with Gasteiger partial charge in [-0.05, 0) is 104 Å². The molecule has 4 aromatic rings. The molecule has 1 aliphatic carbocycles. The molecule has 0 spiro atoms. The third-order valence-electron chi connectivity index (χ3n) is 9.93. The second-order valence-electron chi connectivity index (χ2n) is 12.9. The fourth-order valence-electron chi connectivity index (χ4n) is 7.31. The third-order valence-corrected chi connectivity index (χ3v) is 9.93. The first-order valence-corrected chi connectivity index (χ1v) is 16.6. The van der Waals surface area contributed by atoms with Crippen molar-refractivity contribution >= 4 is 23.4 Å². The van der Waals surface area contributed by atoms with Crippen molar-refractivity contribution in [2.75, 3.05) is 38.0 Å². The lowest BCUT2D eigenvalue weighted by Gasteiger charge is -2.47. The summed E-state index contributed by atoms with van der Waals surface area (Å²) in [5, 5.41) is 19.3. The van der Waals surface area contributed by atoms with Crippen LogP contribution in [0, 0.1) is 23.0 Å². The minimum absolute atomic E-state index is 0.122. The lowest BCUT2D eigenvalue weighted by molar-refractivity contribution is -0.192. The zero-order valence-corrected chi connectivity index (χ0v) is 29.1. The Labute approximate surface area is 303 Å². The lowest BCUT2D eigenvalue weighted by atomic mass is 9.64. The Morgan fingerprint density at radius 1 is 0.925 bits per heavy atom. The number of urea groups is 1. The summed E-state index contributed by atoms with van der Waals surface area (Å²) in [6, 6.07) is 26.3.